The van der Waals surface area contributed by atoms with Crippen LogP contribution >= 0.6 is 35.2 Å². The van der Waals surface area contributed by atoms with Crippen LogP contribution in [0, 0.1) is 10.1 Å². The van der Waals surface area contributed by atoms with Gasteiger partial charge in [-0.25, -0.2) is 4.79 Å². The van der Waals surface area contributed by atoms with Crippen molar-refractivity contribution in [2.24, 2.45) is 5.10 Å². The van der Waals surface area contributed by atoms with E-state index in [9.17, 15) is 20.0 Å². The van der Waals surface area contributed by atoms with Crippen LogP contribution in [0.15, 0.2) is 52.9 Å². The van der Waals surface area contributed by atoms with Crippen LogP contribution in [0.1, 0.15) is 22.8 Å². The maximum Gasteiger partial charge on any atom is 0.342 e. The second-order valence-electron chi connectivity index (χ2n) is 6.39. The third-order valence-corrected chi connectivity index (χ3v) is 5.73. The number of aromatic hydroxyl groups is 1. The second kappa shape index (κ2) is 9.73. The molecule has 32 heavy (non-hydrogen) atoms. The molecule has 164 valence electrons. The molecule has 0 aliphatic rings. The number of benzene rings is 2. The van der Waals surface area contributed by atoms with Crippen LogP contribution in [-0.2, 0) is 0 Å². The largest absolute Gasteiger partial charge is 0.506 e. The summed E-state index contributed by atoms with van der Waals surface area (Å²) < 4.78 is 0. The number of carbonyl (C=O) groups is 1. The number of halogens is 1. The maximum absolute atomic E-state index is 11.1. The summed E-state index contributed by atoms with van der Waals surface area (Å²) in [6, 6.07) is 10.6. The fraction of sp³-hybridized carbons (Fsp3) is 0.0500. The summed E-state index contributed by atoms with van der Waals surface area (Å²) in [5.41, 5.74) is 3.59. The third kappa shape index (κ3) is 5.19. The first-order chi connectivity index (χ1) is 15.2. The van der Waals surface area contributed by atoms with Crippen molar-refractivity contribution < 1.29 is 19.9 Å². The average molecular weight is 491 g/mol. The van der Waals surface area contributed by atoms with E-state index in [1.807, 2.05) is 0 Å². The van der Waals surface area contributed by atoms with Gasteiger partial charge in [-0.15, -0.1) is 11.3 Å². The van der Waals surface area contributed by atoms with Crippen LogP contribution in [0.4, 0.5) is 11.4 Å². The predicted octanol–water partition coefficient (Wildman–Crippen LogP) is 5.09. The number of rotatable bonds is 6. The van der Waals surface area contributed by atoms with E-state index in [-0.39, 0.29) is 16.5 Å². The zero-order valence-electron chi connectivity index (χ0n) is 16.3. The Labute approximate surface area is 196 Å². The van der Waals surface area contributed by atoms with Crippen molar-refractivity contribution in [3.8, 4) is 16.2 Å². The van der Waals surface area contributed by atoms with Crippen molar-refractivity contribution in [3.05, 3.63) is 74.1 Å². The lowest BCUT2D eigenvalue weighted by Crippen LogP contribution is -2.25. The molecule has 0 saturated heterocycles. The molecule has 1 aromatic heterocycles. The summed E-state index contributed by atoms with van der Waals surface area (Å²) in [5.74, 6) is -1.34. The maximum atomic E-state index is 11.1. The Kier molecular flexibility index (Phi) is 7.03. The molecule has 0 bridgehead atoms. The summed E-state index contributed by atoms with van der Waals surface area (Å²) in [4.78, 5) is 22.1. The molecular formula is C20H15ClN4O5S2. The Morgan fingerprint density at radius 2 is 1.91 bits per heavy atom. The average Bonchev–Trinajstić information content (AvgIpc) is 3.13. The minimum Gasteiger partial charge on any atom is -0.506 e. The fourth-order valence-corrected chi connectivity index (χ4v) is 4.01. The number of hydrogen-bond donors (Lipinski definition) is 4. The van der Waals surface area contributed by atoms with Gasteiger partial charge >= 0.3 is 5.97 Å². The van der Waals surface area contributed by atoms with Gasteiger partial charge in [0.05, 0.1) is 21.1 Å². The van der Waals surface area contributed by atoms with Crippen molar-refractivity contribution >= 4 is 63.3 Å². The second-order valence-corrected chi connectivity index (χ2v) is 8.12. The first kappa shape index (κ1) is 23.1. The third-order valence-electron chi connectivity index (χ3n) is 4.27. The molecule has 0 spiro atoms. The standard InChI is InChI=1S/C20H15ClN4O5S2/c1-10(15-9-32-18(17(15)26)11-2-4-12(21)5-3-11)23-24-20(31)22-13-6-7-14(19(27)28)16(8-13)25(29)30/h2-9,26H,1H3,(H,27,28)(H2,22,24,31)/b23-10-. The number of nitrogens with one attached hydrogen (secondary N) is 2. The summed E-state index contributed by atoms with van der Waals surface area (Å²) >= 11 is 12.4. The minimum absolute atomic E-state index is 0.0226. The molecule has 3 aromatic rings. The van der Waals surface area contributed by atoms with Crippen molar-refractivity contribution in [1.82, 2.24) is 5.43 Å². The first-order valence-electron chi connectivity index (χ1n) is 8.87. The zero-order chi connectivity index (χ0) is 23.4. The molecule has 0 fully saturated rings. The quantitative estimate of drug-likeness (QED) is 0.162. The van der Waals surface area contributed by atoms with Crippen LogP contribution in [0.3, 0.4) is 0 Å². The van der Waals surface area contributed by atoms with Gasteiger partial charge < -0.3 is 15.5 Å². The highest BCUT2D eigenvalue weighted by Gasteiger charge is 2.20. The van der Waals surface area contributed by atoms with Gasteiger partial charge in [-0.1, -0.05) is 23.7 Å². The highest BCUT2D eigenvalue weighted by atomic mass is 35.5. The Morgan fingerprint density at radius 3 is 2.53 bits per heavy atom. The molecule has 3 rings (SSSR count). The van der Waals surface area contributed by atoms with E-state index in [0.29, 0.717) is 21.2 Å². The monoisotopic (exact) mass is 490 g/mol. The van der Waals surface area contributed by atoms with E-state index >= 15 is 0 Å². The normalized spacial score (nSPS) is 11.1. The predicted molar refractivity (Wildman–Crippen MR) is 128 cm³/mol. The lowest BCUT2D eigenvalue weighted by atomic mass is 10.1. The van der Waals surface area contributed by atoms with Gasteiger partial charge in [0, 0.05) is 22.2 Å². The van der Waals surface area contributed by atoms with Crippen molar-refractivity contribution in [1.29, 1.82) is 0 Å². The number of nitro benzene ring substituents is 1. The van der Waals surface area contributed by atoms with Crippen LogP contribution in [0.25, 0.3) is 10.4 Å². The molecular weight excluding hydrogens is 476 g/mol. The highest BCUT2D eigenvalue weighted by Crippen LogP contribution is 2.39. The number of hydrogen-bond acceptors (Lipinski definition) is 7. The number of thiophene rings is 1. The number of nitro groups is 1. The highest BCUT2D eigenvalue weighted by molar-refractivity contribution is 7.80. The molecule has 0 unspecified atom stereocenters. The van der Waals surface area contributed by atoms with Crippen LogP contribution < -0.4 is 10.7 Å². The van der Waals surface area contributed by atoms with Gasteiger partial charge in [-0.2, -0.15) is 5.10 Å². The molecule has 9 nitrogen and oxygen atoms in total. The molecule has 0 amide bonds. The molecule has 4 N–H and O–H groups in total. The van der Waals surface area contributed by atoms with E-state index in [1.165, 1.54) is 17.4 Å². The SMILES string of the molecule is C/C(=N/NC(=S)Nc1ccc(C(=O)O)c([N+](=O)[O-])c1)c1csc(-c2ccc(Cl)cc2)c1O. The van der Waals surface area contributed by atoms with E-state index < -0.39 is 22.1 Å². The van der Waals surface area contributed by atoms with Crippen LogP contribution in [0.2, 0.25) is 5.02 Å². The zero-order valence-corrected chi connectivity index (χ0v) is 18.7. The number of aromatic carboxylic acids is 1. The summed E-state index contributed by atoms with van der Waals surface area (Å²) in [7, 11) is 0. The van der Waals surface area contributed by atoms with E-state index in [0.717, 1.165) is 17.7 Å². The van der Waals surface area contributed by atoms with Crippen LogP contribution in [-0.4, -0.2) is 31.9 Å². The number of nitrogens with zero attached hydrogens (tertiary/aromatic N) is 2. The molecule has 0 saturated carbocycles. The Bertz CT molecular complexity index is 1240. The van der Waals surface area contributed by atoms with Crippen LogP contribution in [0.5, 0.6) is 5.75 Å². The van der Waals surface area contributed by atoms with Gasteiger partial charge in [-0.05, 0) is 49.0 Å². The lowest BCUT2D eigenvalue weighted by molar-refractivity contribution is -0.385. The number of hydrazone groups is 1. The number of thiocarbonyl (C=S) groups is 1. The molecule has 0 atom stereocenters. The lowest BCUT2D eigenvalue weighted by Gasteiger charge is -2.09. The van der Waals surface area contributed by atoms with Crippen molar-refractivity contribution in [3.63, 3.8) is 0 Å². The molecule has 12 heteroatoms. The van der Waals surface area contributed by atoms with Gasteiger partial charge in [0.25, 0.3) is 5.69 Å². The molecule has 0 aliphatic carbocycles. The summed E-state index contributed by atoms with van der Waals surface area (Å²) in [5, 5.41) is 39.9. The smallest absolute Gasteiger partial charge is 0.342 e. The number of carboxylic acid groups (broad SMARTS) is 1. The minimum atomic E-state index is -1.40. The van der Waals surface area contributed by atoms with Crippen molar-refractivity contribution in [2.45, 2.75) is 6.92 Å². The van der Waals surface area contributed by atoms with E-state index in [1.54, 1.807) is 36.6 Å². The number of anilines is 1. The molecule has 2 aromatic carbocycles. The summed E-state index contributed by atoms with van der Waals surface area (Å²) in [6.45, 7) is 1.68. The van der Waals surface area contributed by atoms with Gasteiger partial charge in [-0.3, -0.25) is 15.5 Å². The Hall–Kier alpha value is -3.54. The van der Waals surface area contributed by atoms with E-state index in [4.69, 9.17) is 28.9 Å². The van der Waals surface area contributed by atoms with E-state index in [2.05, 4.69) is 15.8 Å². The Balaban J connectivity index is 1.72. The molecule has 0 aliphatic heterocycles. The van der Waals surface area contributed by atoms with Gasteiger partial charge in [0.1, 0.15) is 11.3 Å². The van der Waals surface area contributed by atoms with Crippen molar-refractivity contribution in [2.75, 3.05) is 5.32 Å². The van der Waals surface area contributed by atoms with Gasteiger partial charge in [0.2, 0.25) is 0 Å². The summed E-state index contributed by atoms with van der Waals surface area (Å²) in [6.07, 6.45) is 0. The molecule has 1 heterocycles. The molecule has 0 radical (unpaired) electrons. The van der Waals surface area contributed by atoms with Gasteiger partial charge in [0.15, 0.2) is 5.11 Å². The first-order valence-corrected chi connectivity index (χ1v) is 10.5. The topological polar surface area (TPSA) is 137 Å². The fourth-order valence-electron chi connectivity index (χ4n) is 2.71. The number of carboxylic acids is 1. The Morgan fingerprint density at radius 1 is 1.22 bits per heavy atom.